The van der Waals surface area contributed by atoms with Crippen LogP contribution in [0.5, 0.6) is 0 Å². The predicted molar refractivity (Wildman–Crippen MR) is 113 cm³/mol. The maximum absolute atomic E-state index is 11.5. The molecule has 0 saturated carbocycles. The van der Waals surface area contributed by atoms with Gasteiger partial charge in [-0.15, -0.1) is 0 Å². The molecule has 4 N–H and O–H groups in total. The highest BCUT2D eigenvalue weighted by atomic mass is 33.1. The minimum absolute atomic E-state index is 0.0909. The normalized spacial score (nSPS) is 10.4. The summed E-state index contributed by atoms with van der Waals surface area (Å²) in [4.78, 5) is 22.6. The molecule has 142 valence electrons. The monoisotopic (exact) mass is 414 g/mol. The third kappa shape index (κ3) is 18.4. The Bertz CT molecular complexity index is 325. The first kappa shape index (κ1) is 24.1. The van der Waals surface area contributed by atoms with Gasteiger partial charge in [-0.05, 0) is 6.54 Å². The van der Waals surface area contributed by atoms with Gasteiger partial charge in [-0.25, -0.2) is 4.79 Å². The molecule has 0 aromatic heterocycles. The average Bonchev–Trinajstić information content (AvgIpc) is 2.59. The van der Waals surface area contributed by atoms with Gasteiger partial charge in [0.25, 0.3) is 0 Å². The summed E-state index contributed by atoms with van der Waals surface area (Å²) < 4.78 is 0. The lowest BCUT2D eigenvalue weighted by Crippen LogP contribution is -2.37. The van der Waals surface area contributed by atoms with E-state index in [-0.39, 0.29) is 11.9 Å². The number of urea groups is 1. The number of rotatable bonds is 16. The van der Waals surface area contributed by atoms with Gasteiger partial charge in [-0.1, -0.05) is 57.0 Å². The summed E-state index contributed by atoms with van der Waals surface area (Å²) in [5.41, 5.74) is 0. The molecule has 0 aliphatic heterocycles. The molecule has 0 spiro atoms. The van der Waals surface area contributed by atoms with Crippen LogP contribution in [-0.2, 0) is 4.79 Å². The van der Waals surface area contributed by atoms with Crippen molar-refractivity contribution in [1.82, 2.24) is 21.3 Å². The van der Waals surface area contributed by atoms with Crippen molar-refractivity contribution in [2.75, 3.05) is 55.7 Å². The Morgan fingerprint density at radius 1 is 0.708 bits per heavy atom. The molecule has 0 rings (SSSR count). The minimum Gasteiger partial charge on any atom is -0.355 e. The zero-order chi connectivity index (χ0) is 17.9. The molecule has 0 heterocycles. The maximum atomic E-state index is 11.5. The molecule has 0 unspecified atom stereocenters. The number of hydrogen-bond donors (Lipinski definition) is 4. The smallest absolute Gasteiger partial charge is 0.314 e. The standard InChI is InChI=1S/C14H30N4O2S4/c1-3-13(19)16-6-10-22-24-12-8-18-14(20)17-7-11-23-21-9-5-15-4-2/h15H,3-12H2,1-2H3,(H,16,19)(H2,17,18,20). The highest BCUT2D eigenvalue weighted by Gasteiger charge is 2.00. The highest BCUT2D eigenvalue weighted by molar-refractivity contribution is 8.77. The molecule has 0 aliphatic carbocycles. The van der Waals surface area contributed by atoms with Gasteiger partial charge in [-0.3, -0.25) is 4.79 Å². The highest BCUT2D eigenvalue weighted by Crippen LogP contribution is 2.19. The SMILES string of the molecule is CCNCCSSCCNC(=O)NCCSSCCNC(=O)CC. The van der Waals surface area contributed by atoms with Crippen molar-refractivity contribution in [3.63, 3.8) is 0 Å². The molecule has 10 heteroatoms. The van der Waals surface area contributed by atoms with Crippen LogP contribution in [0, 0.1) is 0 Å². The molecule has 0 bridgehead atoms. The van der Waals surface area contributed by atoms with Gasteiger partial charge in [0.2, 0.25) is 5.91 Å². The lowest BCUT2D eigenvalue weighted by atomic mass is 10.4. The van der Waals surface area contributed by atoms with E-state index in [2.05, 4.69) is 28.2 Å². The zero-order valence-corrected chi connectivity index (χ0v) is 17.8. The summed E-state index contributed by atoms with van der Waals surface area (Å²) in [5, 5.41) is 11.8. The number of amides is 3. The average molecular weight is 415 g/mol. The number of carbonyl (C=O) groups excluding carboxylic acids is 2. The largest absolute Gasteiger partial charge is 0.355 e. The summed E-state index contributed by atoms with van der Waals surface area (Å²) in [6, 6.07) is -0.103. The van der Waals surface area contributed by atoms with E-state index in [4.69, 9.17) is 0 Å². The van der Waals surface area contributed by atoms with Gasteiger partial charge in [0.05, 0.1) is 0 Å². The van der Waals surface area contributed by atoms with E-state index >= 15 is 0 Å². The Hall–Kier alpha value is 0.1000. The first-order chi connectivity index (χ1) is 11.7. The van der Waals surface area contributed by atoms with Gasteiger partial charge in [0.1, 0.15) is 0 Å². The van der Waals surface area contributed by atoms with Gasteiger partial charge in [0.15, 0.2) is 0 Å². The van der Waals surface area contributed by atoms with E-state index < -0.39 is 0 Å². The van der Waals surface area contributed by atoms with Crippen LogP contribution in [0.1, 0.15) is 20.3 Å². The van der Waals surface area contributed by atoms with Crippen molar-refractivity contribution in [1.29, 1.82) is 0 Å². The van der Waals surface area contributed by atoms with Crippen molar-refractivity contribution < 1.29 is 9.59 Å². The Morgan fingerprint density at radius 3 is 1.62 bits per heavy atom. The Kier molecular flexibility index (Phi) is 19.5. The second kappa shape index (κ2) is 19.4. The molecule has 6 nitrogen and oxygen atoms in total. The third-order valence-electron chi connectivity index (χ3n) is 2.55. The van der Waals surface area contributed by atoms with Crippen molar-refractivity contribution in [2.24, 2.45) is 0 Å². The number of hydrogen-bond acceptors (Lipinski definition) is 7. The molecular weight excluding hydrogens is 384 g/mol. The predicted octanol–water partition coefficient (Wildman–Crippen LogP) is 2.18. The van der Waals surface area contributed by atoms with Crippen LogP contribution in [0.15, 0.2) is 0 Å². The molecular formula is C14H30N4O2S4. The fourth-order valence-corrected chi connectivity index (χ4v) is 5.03. The van der Waals surface area contributed by atoms with Crippen LogP contribution in [0.25, 0.3) is 0 Å². The second-order valence-electron chi connectivity index (χ2n) is 4.53. The lowest BCUT2D eigenvalue weighted by molar-refractivity contribution is -0.120. The van der Waals surface area contributed by atoms with E-state index in [1.54, 1.807) is 32.4 Å². The summed E-state index contributed by atoms with van der Waals surface area (Å²) in [5.74, 6) is 3.83. The molecule has 0 atom stereocenters. The first-order valence-corrected chi connectivity index (χ1v) is 13.2. The van der Waals surface area contributed by atoms with Crippen molar-refractivity contribution in [2.45, 2.75) is 20.3 Å². The van der Waals surface area contributed by atoms with Gasteiger partial charge in [-0.2, -0.15) is 0 Å². The molecule has 0 fully saturated rings. The molecule has 3 amide bonds. The quantitative estimate of drug-likeness (QED) is 0.228. The Balaban J connectivity index is 3.20. The minimum atomic E-state index is -0.103. The van der Waals surface area contributed by atoms with Crippen LogP contribution in [0.2, 0.25) is 0 Å². The van der Waals surface area contributed by atoms with Crippen LogP contribution in [0.3, 0.4) is 0 Å². The van der Waals surface area contributed by atoms with Gasteiger partial charge < -0.3 is 21.3 Å². The second-order valence-corrected chi connectivity index (χ2v) is 9.93. The fourth-order valence-electron chi connectivity index (χ4n) is 1.36. The van der Waals surface area contributed by atoms with E-state index in [0.717, 1.165) is 36.1 Å². The van der Waals surface area contributed by atoms with Crippen LogP contribution >= 0.6 is 43.2 Å². The third-order valence-corrected chi connectivity index (χ3v) is 7.37. The fraction of sp³-hybridized carbons (Fsp3) is 0.857. The maximum Gasteiger partial charge on any atom is 0.314 e. The summed E-state index contributed by atoms with van der Waals surface area (Å²) in [6.07, 6.45) is 0.532. The summed E-state index contributed by atoms with van der Waals surface area (Å²) in [7, 11) is 7.03. The number of carbonyl (C=O) groups is 2. The van der Waals surface area contributed by atoms with Crippen LogP contribution in [-0.4, -0.2) is 67.7 Å². The van der Waals surface area contributed by atoms with E-state index in [1.165, 1.54) is 0 Å². The Labute approximate surface area is 161 Å². The van der Waals surface area contributed by atoms with Gasteiger partial charge >= 0.3 is 6.03 Å². The summed E-state index contributed by atoms with van der Waals surface area (Å²) in [6.45, 7) is 8.02. The van der Waals surface area contributed by atoms with Crippen molar-refractivity contribution >= 4 is 55.1 Å². The zero-order valence-electron chi connectivity index (χ0n) is 14.5. The molecule has 24 heavy (non-hydrogen) atoms. The van der Waals surface area contributed by atoms with E-state index in [1.807, 2.05) is 17.7 Å². The molecule has 0 radical (unpaired) electrons. The van der Waals surface area contributed by atoms with Crippen molar-refractivity contribution in [3.8, 4) is 0 Å². The molecule has 0 aliphatic rings. The molecule has 0 aromatic carbocycles. The first-order valence-electron chi connectivity index (χ1n) is 8.18. The lowest BCUT2D eigenvalue weighted by Gasteiger charge is -2.07. The van der Waals surface area contributed by atoms with Crippen LogP contribution in [0.4, 0.5) is 4.79 Å². The van der Waals surface area contributed by atoms with E-state index in [0.29, 0.717) is 26.1 Å². The van der Waals surface area contributed by atoms with E-state index in [9.17, 15) is 9.59 Å². The van der Waals surface area contributed by atoms with Crippen molar-refractivity contribution in [3.05, 3.63) is 0 Å². The molecule has 0 saturated heterocycles. The Morgan fingerprint density at radius 2 is 1.17 bits per heavy atom. The molecule has 0 aromatic rings. The topological polar surface area (TPSA) is 82.3 Å². The number of nitrogens with one attached hydrogen (secondary N) is 4. The van der Waals surface area contributed by atoms with Gasteiger partial charge in [0, 0.05) is 55.6 Å². The summed E-state index contributed by atoms with van der Waals surface area (Å²) >= 11 is 0. The van der Waals surface area contributed by atoms with Crippen LogP contribution < -0.4 is 21.3 Å².